The van der Waals surface area contributed by atoms with Crippen molar-refractivity contribution in [2.75, 3.05) is 5.32 Å². The Labute approximate surface area is 209 Å². The Morgan fingerprint density at radius 1 is 1.03 bits per heavy atom. The summed E-state index contributed by atoms with van der Waals surface area (Å²) in [6, 6.07) is 17.4. The number of anilines is 1. The zero-order chi connectivity index (χ0) is 24.2. The molecule has 1 heterocycles. The SMILES string of the molecule is CCCCc1ccc(-n2nc3cc(Cl)c(NC(=S)NC(=O)c4ccc(C)cc4C)cc3n2)cc1. The number of carbonyl (C=O) groups is 1. The molecule has 3 aromatic carbocycles. The minimum atomic E-state index is -0.277. The second-order valence-corrected chi connectivity index (χ2v) is 9.12. The van der Waals surface area contributed by atoms with E-state index in [9.17, 15) is 4.79 Å². The summed E-state index contributed by atoms with van der Waals surface area (Å²) in [7, 11) is 0. The van der Waals surface area contributed by atoms with Crippen LogP contribution in [-0.2, 0) is 6.42 Å². The summed E-state index contributed by atoms with van der Waals surface area (Å²) >= 11 is 11.8. The first-order valence-corrected chi connectivity index (χ1v) is 12.0. The number of hydrogen-bond acceptors (Lipinski definition) is 4. The predicted molar refractivity (Wildman–Crippen MR) is 142 cm³/mol. The van der Waals surface area contributed by atoms with Crippen molar-refractivity contribution in [2.24, 2.45) is 0 Å². The van der Waals surface area contributed by atoms with Crippen molar-refractivity contribution in [1.29, 1.82) is 0 Å². The number of halogens is 1. The van der Waals surface area contributed by atoms with Gasteiger partial charge in [-0.25, -0.2) is 0 Å². The van der Waals surface area contributed by atoms with Gasteiger partial charge in [-0.1, -0.05) is 54.8 Å². The van der Waals surface area contributed by atoms with E-state index in [-0.39, 0.29) is 11.0 Å². The van der Waals surface area contributed by atoms with Crippen LogP contribution in [0.3, 0.4) is 0 Å². The van der Waals surface area contributed by atoms with Gasteiger partial charge in [0.05, 0.1) is 16.4 Å². The summed E-state index contributed by atoms with van der Waals surface area (Å²) in [5, 5.41) is 15.4. The van der Waals surface area contributed by atoms with E-state index in [0.29, 0.717) is 27.3 Å². The number of nitrogens with one attached hydrogen (secondary N) is 2. The van der Waals surface area contributed by atoms with Gasteiger partial charge < -0.3 is 5.32 Å². The Bertz CT molecular complexity index is 1360. The van der Waals surface area contributed by atoms with Crippen LogP contribution >= 0.6 is 23.8 Å². The molecule has 174 valence electrons. The van der Waals surface area contributed by atoms with E-state index in [1.54, 1.807) is 23.0 Å². The first kappa shape index (κ1) is 23.9. The van der Waals surface area contributed by atoms with Crippen LogP contribution in [0.15, 0.2) is 54.6 Å². The van der Waals surface area contributed by atoms with Crippen molar-refractivity contribution in [1.82, 2.24) is 20.3 Å². The summed E-state index contributed by atoms with van der Waals surface area (Å²) in [4.78, 5) is 14.2. The molecular formula is C26H26ClN5OS. The molecule has 0 saturated carbocycles. The molecule has 4 aromatic rings. The van der Waals surface area contributed by atoms with E-state index in [4.69, 9.17) is 23.8 Å². The van der Waals surface area contributed by atoms with Gasteiger partial charge in [0.25, 0.3) is 5.91 Å². The second kappa shape index (κ2) is 10.3. The number of aryl methyl sites for hydroxylation is 3. The molecule has 0 aliphatic carbocycles. The highest BCUT2D eigenvalue weighted by atomic mass is 35.5. The number of carbonyl (C=O) groups excluding carboxylic acids is 1. The van der Waals surface area contributed by atoms with Crippen molar-refractivity contribution in [3.63, 3.8) is 0 Å². The standard InChI is InChI=1S/C26H26ClN5OS/c1-4-5-6-18-8-10-19(11-9-18)32-30-23-14-21(27)22(15-24(23)31-32)28-26(34)29-25(33)20-12-7-16(2)13-17(20)3/h7-15H,4-6H2,1-3H3,(H2,28,29,33,34). The third-order valence-electron chi connectivity index (χ3n) is 5.56. The van der Waals surface area contributed by atoms with Crippen molar-refractivity contribution in [3.8, 4) is 5.69 Å². The Morgan fingerprint density at radius 3 is 2.41 bits per heavy atom. The van der Waals surface area contributed by atoms with Crippen molar-refractivity contribution >= 4 is 51.6 Å². The molecule has 0 unspecified atom stereocenters. The molecule has 1 amide bonds. The van der Waals surface area contributed by atoms with Gasteiger partial charge in [-0.15, -0.1) is 10.2 Å². The van der Waals surface area contributed by atoms with E-state index in [2.05, 4.69) is 39.9 Å². The number of thiocarbonyl (C=S) groups is 1. The van der Waals surface area contributed by atoms with Crippen molar-refractivity contribution < 1.29 is 4.79 Å². The zero-order valence-electron chi connectivity index (χ0n) is 19.4. The summed E-state index contributed by atoms with van der Waals surface area (Å²) in [5.74, 6) is -0.277. The van der Waals surface area contributed by atoms with Crippen molar-refractivity contribution in [2.45, 2.75) is 40.0 Å². The smallest absolute Gasteiger partial charge is 0.257 e. The maximum atomic E-state index is 12.6. The third kappa shape index (κ3) is 5.43. The van der Waals surface area contributed by atoms with Gasteiger partial charge in [0, 0.05) is 5.56 Å². The van der Waals surface area contributed by atoms with Gasteiger partial charge in [-0.05, 0) is 80.4 Å². The van der Waals surface area contributed by atoms with Gasteiger partial charge in [-0.3, -0.25) is 10.1 Å². The fourth-order valence-corrected chi connectivity index (χ4v) is 4.13. The molecule has 6 nitrogen and oxygen atoms in total. The highest BCUT2D eigenvalue weighted by molar-refractivity contribution is 7.80. The molecule has 0 aliphatic rings. The number of fused-ring (bicyclic) bond motifs is 1. The van der Waals surface area contributed by atoms with E-state index in [0.717, 1.165) is 23.2 Å². The first-order valence-electron chi connectivity index (χ1n) is 11.2. The van der Waals surface area contributed by atoms with Crippen LogP contribution in [0.25, 0.3) is 16.7 Å². The number of nitrogens with zero attached hydrogens (tertiary/aromatic N) is 3. The first-order chi connectivity index (χ1) is 16.3. The number of benzene rings is 3. The van der Waals surface area contributed by atoms with Gasteiger partial charge in [-0.2, -0.15) is 4.80 Å². The molecule has 0 saturated heterocycles. The molecule has 0 atom stereocenters. The number of rotatable bonds is 6. The Morgan fingerprint density at radius 2 is 1.74 bits per heavy atom. The summed E-state index contributed by atoms with van der Waals surface area (Å²) in [6.07, 6.45) is 3.41. The number of hydrogen-bond donors (Lipinski definition) is 2. The van der Waals surface area contributed by atoms with Crippen LogP contribution in [0.2, 0.25) is 5.02 Å². The molecule has 0 bridgehead atoms. The molecule has 0 fully saturated rings. The fraction of sp³-hybridized carbons (Fsp3) is 0.231. The Hall–Kier alpha value is -3.29. The molecule has 2 N–H and O–H groups in total. The fourth-order valence-electron chi connectivity index (χ4n) is 3.72. The van der Waals surface area contributed by atoms with Crippen LogP contribution in [-0.4, -0.2) is 26.0 Å². The quantitative estimate of drug-likeness (QED) is 0.316. The largest absolute Gasteiger partial charge is 0.331 e. The van der Waals surface area contributed by atoms with Gasteiger partial charge in [0.1, 0.15) is 11.0 Å². The van der Waals surface area contributed by atoms with Crippen LogP contribution in [0.5, 0.6) is 0 Å². The van der Waals surface area contributed by atoms with Gasteiger partial charge in [0.15, 0.2) is 5.11 Å². The van der Waals surface area contributed by atoms with Crippen molar-refractivity contribution in [3.05, 3.63) is 81.9 Å². The minimum Gasteiger partial charge on any atom is -0.331 e. The van der Waals surface area contributed by atoms with Crippen LogP contribution in [0.4, 0.5) is 5.69 Å². The van der Waals surface area contributed by atoms with Gasteiger partial charge >= 0.3 is 0 Å². The maximum Gasteiger partial charge on any atom is 0.257 e. The highest BCUT2D eigenvalue weighted by Gasteiger charge is 2.14. The molecule has 0 aliphatic heterocycles. The van der Waals surface area contributed by atoms with Crippen LogP contribution < -0.4 is 10.6 Å². The topological polar surface area (TPSA) is 71.8 Å². The van der Waals surface area contributed by atoms with Gasteiger partial charge in [0.2, 0.25) is 0 Å². The third-order valence-corrected chi connectivity index (χ3v) is 6.07. The molecular weight excluding hydrogens is 466 g/mol. The lowest BCUT2D eigenvalue weighted by molar-refractivity contribution is 0.0977. The molecule has 1 aromatic heterocycles. The van der Waals surface area contributed by atoms with E-state index in [1.165, 1.54) is 18.4 Å². The summed E-state index contributed by atoms with van der Waals surface area (Å²) < 4.78 is 0. The second-order valence-electron chi connectivity index (χ2n) is 8.31. The van der Waals surface area contributed by atoms with E-state index < -0.39 is 0 Å². The Balaban J connectivity index is 1.49. The van der Waals surface area contributed by atoms with Crippen LogP contribution in [0.1, 0.15) is 46.8 Å². The Kier molecular flexibility index (Phi) is 7.24. The molecule has 4 rings (SSSR count). The average Bonchev–Trinajstić information content (AvgIpc) is 3.20. The molecule has 0 spiro atoms. The maximum absolute atomic E-state index is 12.6. The normalized spacial score (nSPS) is 10.9. The lowest BCUT2D eigenvalue weighted by Gasteiger charge is -2.12. The van der Waals surface area contributed by atoms with E-state index >= 15 is 0 Å². The highest BCUT2D eigenvalue weighted by Crippen LogP contribution is 2.27. The average molecular weight is 492 g/mol. The van der Waals surface area contributed by atoms with Crippen LogP contribution in [0, 0.1) is 13.8 Å². The zero-order valence-corrected chi connectivity index (χ0v) is 20.9. The van der Waals surface area contributed by atoms with E-state index in [1.807, 2.05) is 38.1 Å². The minimum absolute atomic E-state index is 0.154. The predicted octanol–water partition coefficient (Wildman–Crippen LogP) is 6.16. The molecule has 34 heavy (non-hydrogen) atoms. The summed E-state index contributed by atoms with van der Waals surface area (Å²) in [5.41, 5.74) is 6.58. The number of unbranched alkanes of at least 4 members (excludes halogenated alkanes) is 1. The number of aromatic nitrogens is 3. The lowest BCUT2D eigenvalue weighted by Crippen LogP contribution is -2.34. The lowest BCUT2D eigenvalue weighted by atomic mass is 10.1. The monoisotopic (exact) mass is 491 g/mol. The molecule has 8 heteroatoms. The molecule has 0 radical (unpaired) electrons. The number of amides is 1. The summed E-state index contributed by atoms with van der Waals surface area (Å²) in [6.45, 7) is 6.07.